The molecule has 0 bridgehead atoms. The van der Waals surface area contributed by atoms with Crippen molar-refractivity contribution >= 4 is 0 Å². The largest absolute Gasteiger partial charge is 0.330 e. The summed E-state index contributed by atoms with van der Waals surface area (Å²) in [5.41, 5.74) is 0. The molecule has 0 saturated carbocycles. The minimum absolute atomic E-state index is 0.414. The van der Waals surface area contributed by atoms with E-state index in [1.54, 1.807) is 0 Å². The fraction of sp³-hybridized carbons (Fsp3) is 0.727. The number of ether oxygens (including phenoxy) is 3. The molecule has 3 nitrogen and oxygen atoms in total. The first kappa shape index (κ1) is 22.1. The molecule has 1 rings (SSSR count). The van der Waals surface area contributed by atoms with E-state index in [9.17, 15) is 0 Å². The van der Waals surface area contributed by atoms with E-state index in [1.807, 2.05) is 0 Å². The Kier molecular flexibility index (Phi) is 15.9. The zero-order chi connectivity index (χ0) is 17.8. The van der Waals surface area contributed by atoms with Gasteiger partial charge in [0.1, 0.15) is 0 Å². The summed E-state index contributed by atoms with van der Waals surface area (Å²) in [6.45, 7) is 4.01. The van der Waals surface area contributed by atoms with Gasteiger partial charge in [0, 0.05) is 0 Å². The highest BCUT2D eigenvalue weighted by Gasteiger charge is 2.13. The normalized spacial score (nSPS) is 16.7. The maximum Gasteiger partial charge on any atom is 0.271 e. The van der Waals surface area contributed by atoms with Crippen molar-refractivity contribution in [2.24, 2.45) is 0 Å². The van der Waals surface area contributed by atoms with Gasteiger partial charge in [0.15, 0.2) is 0 Å². The van der Waals surface area contributed by atoms with Crippen molar-refractivity contribution in [3.8, 4) is 0 Å². The van der Waals surface area contributed by atoms with Crippen molar-refractivity contribution < 1.29 is 14.2 Å². The fourth-order valence-corrected chi connectivity index (χ4v) is 2.64. The molecule has 0 aliphatic carbocycles. The molecule has 0 aromatic heterocycles. The van der Waals surface area contributed by atoms with Crippen molar-refractivity contribution in [2.45, 2.75) is 84.0 Å². The SMILES string of the molecule is CC/C=C\C/C=C\C/C=C\CCCCCCCCOC1OCCCO1. The first-order valence-electron chi connectivity index (χ1n) is 10.2. The van der Waals surface area contributed by atoms with E-state index < -0.39 is 6.48 Å². The van der Waals surface area contributed by atoms with E-state index in [0.29, 0.717) is 0 Å². The van der Waals surface area contributed by atoms with Crippen LogP contribution in [0.5, 0.6) is 0 Å². The maximum atomic E-state index is 5.54. The summed E-state index contributed by atoms with van der Waals surface area (Å²) in [6, 6.07) is 0. The summed E-state index contributed by atoms with van der Waals surface area (Å²) in [6.07, 6.45) is 26.6. The zero-order valence-electron chi connectivity index (χ0n) is 16.2. The molecule has 1 aliphatic heterocycles. The van der Waals surface area contributed by atoms with Gasteiger partial charge >= 0.3 is 0 Å². The molecule has 0 spiro atoms. The lowest BCUT2D eigenvalue weighted by Gasteiger charge is -2.22. The van der Waals surface area contributed by atoms with Crippen LogP contribution in [0.3, 0.4) is 0 Å². The average Bonchev–Trinajstić information content (AvgIpc) is 2.65. The third kappa shape index (κ3) is 15.1. The molecular formula is C22H38O3. The molecule has 0 aromatic carbocycles. The van der Waals surface area contributed by atoms with Crippen LogP contribution in [0.25, 0.3) is 0 Å². The Morgan fingerprint density at radius 3 is 2.08 bits per heavy atom. The third-order valence-corrected chi connectivity index (χ3v) is 4.10. The fourth-order valence-electron chi connectivity index (χ4n) is 2.64. The first-order valence-corrected chi connectivity index (χ1v) is 10.2. The lowest BCUT2D eigenvalue weighted by molar-refractivity contribution is -0.310. The van der Waals surface area contributed by atoms with Crippen molar-refractivity contribution in [1.29, 1.82) is 0 Å². The van der Waals surface area contributed by atoms with Gasteiger partial charge in [-0.15, -0.1) is 0 Å². The van der Waals surface area contributed by atoms with Gasteiger partial charge in [0.2, 0.25) is 0 Å². The van der Waals surface area contributed by atoms with Crippen molar-refractivity contribution in [2.75, 3.05) is 19.8 Å². The molecule has 25 heavy (non-hydrogen) atoms. The second-order valence-corrected chi connectivity index (χ2v) is 6.46. The summed E-state index contributed by atoms with van der Waals surface area (Å²) in [5.74, 6) is 0. The number of rotatable bonds is 15. The minimum atomic E-state index is -0.414. The zero-order valence-corrected chi connectivity index (χ0v) is 16.2. The molecule has 1 heterocycles. The molecule has 0 amide bonds. The second-order valence-electron chi connectivity index (χ2n) is 6.46. The standard InChI is InChI=1S/C22H38O3/c1-2-3-4-5-6-7-8-9-10-11-12-13-14-15-16-17-19-23-22-24-20-18-21-25-22/h3-4,6-7,9-10,22H,2,5,8,11-21H2,1H3/b4-3-,7-6-,10-9-. The molecular weight excluding hydrogens is 312 g/mol. The Bertz CT molecular complexity index is 354. The van der Waals surface area contributed by atoms with E-state index in [-0.39, 0.29) is 0 Å². The molecule has 0 N–H and O–H groups in total. The Labute approximate surface area is 155 Å². The Morgan fingerprint density at radius 2 is 1.36 bits per heavy atom. The molecule has 0 unspecified atom stereocenters. The quantitative estimate of drug-likeness (QED) is 0.256. The first-order chi connectivity index (χ1) is 12.4. The molecule has 1 fully saturated rings. The smallest absolute Gasteiger partial charge is 0.271 e. The highest BCUT2D eigenvalue weighted by Crippen LogP contribution is 2.10. The maximum absolute atomic E-state index is 5.54. The molecule has 1 saturated heterocycles. The average molecular weight is 351 g/mol. The predicted octanol–water partition coefficient (Wildman–Crippen LogP) is 6.31. The lowest BCUT2D eigenvalue weighted by Crippen LogP contribution is -2.27. The van der Waals surface area contributed by atoms with E-state index in [4.69, 9.17) is 14.2 Å². The van der Waals surface area contributed by atoms with Gasteiger partial charge in [-0.2, -0.15) is 0 Å². The van der Waals surface area contributed by atoms with Crippen LogP contribution in [0.15, 0.2) is 36.5 Å². The molecule has 0 aromatic rings. The second kappa shape index (κ2) is 17.9. The summed E-state index contributed by atoms with van der Waals surface area (Å²) >= 11 is 0. The van der Waals surface area contributed by atoms with Crippen LogP contribution in [0, 0.1) is 0 Å². The van der Waals surface area contributed by atoms with Crippen LogP contribution >= 0.6 is 0 Å². The van der Waals surface area contributed by atoms with Crippen LogP contribution in [0.2, 0.25) is 0 Å². The Hall–Kier alpha value is -0.900. The van der Waals surface area contributed by atoms with Crippen LogP contribution in [0.4, 0.5) is 0 Å². The van der Waals surface area contributed by atoms with Crippen LogP contribution in [-0.2, 0) is 14.2 Å². The van der Waals surface area contributed by atoms with Crippen molar-refractivity contribution in [3.05, 3.63) is 36.5 Å². The van der Waals surface area contributed by atoms with Crippen LogP contribution in [-0.4, -0.2) is 26.3 Å². The highest BCUT2D eigenvalue weighted by atomic mass is 16.8. The number of unbranched alkanes of at least 4 members (excludes halogenated alkanes) is 6. The summed E-state index contributed by atoms with van der Waals surface area (Å²) in [5, 5.41) is 0. The monoisotopic (exact) mass is 350 g/mol. The lowest BCUT2D eigenvalue weighted by atomic mass is 10.1. The van der Waals surface area contributed by atoms with Crippen LogP contribution in [0.1, 0.15) is 77.6 Å². The molecule has 3 heteroatoms. The highest BCUT2D eigenvalue weighted by molar-refractivity contribution is 4.96. The summed E-state index contributed by atoms with van der Waals surface area (Å²) < 4.78 is 16.2. The predicted molar refractivity (Wildman–Crippen MR) is 106 cm³/mol. The van der Waals surface area contributed by atoms with E-state index in [0.717, 1.165) is 51.9 Å². The molecule has 144 valence electrons. The minimum Gasteiger partial charge on any atom is -0.330 e. The van der Waals surface area contributed by atoms with E-state index in [1.165, 1.54) is 38.5 Å². The molecule has 1 aliphatic rings. The van der Waals surface area contributed by atoms with Gasteiger partial charge in [-0.05, 0) is 44.9 Å². The van der Waals surface area contributed by atoms with Gasteiger partial charge in [-0.25, -0.2) is 0 Å². The van der Waals surface area contributed by atoms with Gasteiger partial charge in [0.05, 0.1) is 19.8 Å². The van der Waals surface area contributed by atoms with Gasteiger partial charge in [-0.3, -0.25) is 0 Å². The van der Waals surface area contributed by atoms with Gasteiger partial charge in [0.25, 0.3) is 6.48 Å². The third-order valence-electron chi connectivity index (χ3n) is 4.10. The van der Waals surface area contributed by atoms with E-state index >= 15 is 0 Å². The summed E-state index contributed by atoms with van der Waals surface area (Å²) in [7, 11) is 0. The molecule has 0 radical (unpaired) electrons. The number of allylic oxidation sites excluding steroid dienone is 6. The Morgan fingerprint density at radius 1 is 0.760 bits per heavy atom. The van der Waals surface area contributed by atoms with E-state index in [2.05, 4.69) is 43.4 Å². The van der Waals surface area contributed by atoms with Gasteiger partial charge in [-0.1, -0.05) is 69.1 Å². The molecule has 0 atom stereocenters. The Balaban J connectivity index is 1.76. The van der Waals surface area contributed by atoms with Gasteiger partial charge < -0.3 is 14.2 Å². The topological polar surface area (TPSA) is 27.7 Å². The summed E-state index contributed by atoms with van der Waals surface area (Å²) in [4.78, 5) is 0. The van der Waals surface area contributed by atoms with Crippen molar-refractivity contribution in [3.63, 3.8) is 0 Å². The van der Waals surface area contributed by atoms with Crippen molar-refractivity contribution in [1.82, 2.24) is 0 Å². The number of hydrogen-bond acceptors (Lipinski definition) is 3. The number of hydrogen-bond donors (Lipinski definition) is 0. The van der Waals surface area contributed by atoms with Crippen LogP contribution < -0.4 is 0 Å².